The van der Waals surface area contributed by atoms with Crippen molar-refractivity contribution in [2.75, 3.05) is 19.6 Å². The molecular formula is C20H26N4. The largest absolute Gasteiger partial charge is 0.309 e. The van der Waals surface area contributed by atoms with Gasteiger partial charge in [-0.3, -0.25) is 9.58 Å². The van der Waals surface area contributed by atoms with Crippen LogP contribution in [0.3, 0.4) is 0 Å². The highest BCUT2D eigenvalue weighted by atomic mass is 15.3. The van der Waals surface area contributed by atoms with E-state index < -0.39 is 0 Å². The van der Waals surface area contributed by atoms with Gasteiger partial charge >= 0.3 is 0 Å². The zero-order valence-electron chi connectivity index (χ0n) is 14.3. The molecule has 1 fully saturated rings. The molecule has 2 aliphatic heterocycles. The number of piperidine rings is 1. The molecule has 0 radical (unpaired) electrons. The van der Waals surface area contributed by atoms with Crippen LogP contribution in [0.25, 0.3) is 0 Å². The van der Waals surface area contributed by atoms with Crippen molar-refractivity contribution in [1.29, 1.82) is 0 Å². The van der Waals surface area contributed by atoms with Crippen LogP contribution in [0.1, 0.15) is 41.8 Å². The summed E-state index contributed by atoms with van der Waals surface area (Å²) in [6.07, 6.45) is 5.24. The summed E-state index contributed by atoms with van der Waals surface area (Å²) < 4.78 is 2.19. The molecule has 3 aliphatic rings. The van der Waals surface area contributed by atoms with Crippen molar-refractivity contribution in [2.24, 2.45) is 0 Å². The minimum absolute atomic E-state index is 0.463. The van der Waals surface area contributed by atoms with Gasteiger partial charge in [-0.2, -0.15) is 5.10 Å². The topological polar surface area (TPSA) is 33.1 Å². The lowest BCUT2D eigenvalue weighted by molar-refractivity contribution is 0.150. The molecule has 4 heteroatoms. The summed E-state index contributed by atoms with van der Waals surface area (Å²) in [6.45, 7) is 6.43. The van der Waals surface area contributed by atoms with Crippen molar-refractivity contribution in [3.8, 4) is 0 Å². The summed E-state index contributed by atoms with van der Waals surface area (Å²) in [5.74, 6) is 0. The normalized spacial score (nSPS) is 22.5. The number of nitrogens with zero attached hydrogens (tertiary/aromatic N) is 3. The highest BCUT2D eigenvalue weighted by Crippen LogP contribution is 2.46. The fraction of sp³-hybridized carbons (Fsp3) is 0.550. The van der Waals surface area contributed by atoms with Crippen molar-refractivity contribution in [2.45, 2.75) is 50.7 Å². The molecule has 1 aromatic carbocycles. The Hall–Kier alpha value is -1.65. The number of aryl methyl sites for hydroxylation is 1. The maximum atomic E-state index is 4.80. The predicted octanol–water partition coefficient (Wildman–Crippen LogP) is 2.47. The lowest BCUT2D eigenvalue weighted by atomic mass is 9.74. The molecule has 0 unspecified atom stereocenters. The van der Waals surface area contributed by atoms with Gasteiger partial charge in [-0.05, 0) is 61.4 Å². The van der Waals surface area contributed by atoms with Gasteiger partial charge in [0.25, 0.3) is 0 Å². The summed E-state index contributed by atoms with van der Waals surface area (Å²) in [4.78, 5) is 2.61. The molecule has 0 saturated carbocycles. The van der Waals surface area contributed by atoms with E-state index in [9.17, 15) is 0 Å². The Morgan fingerprint density at radius 1 is 1.08 bits per heavy atom. The second-order valence-corrected chi connectivity index (χ2v) is 7.74. The second kappa shape index (κ2) is 5.71. The van der Waals surface area contributed by atoms with Gasteiger partial charge in [0.2, 0.25) is 0 Å². The molecule has 1 spiro atoms. The molecule has 3 heterocycles. The zero-order chi connectivity index (χ0) is 16.0. The van der Waals surface area contributed by atoms with E-state index in [1.807, 2.05) is 0 Å². The first-order valence-electron chi connectivity index (χ1n) is 9.40. The Morgan fingerprint density at radius 3 is 2.83 bits per heavy atom. The SMILES string of the molecule is c1ccc2c(c1)CCC21CCN(Cc2cc3n(n2)CCNC3)CC1. The van der Waals surface area contributed by atoms with E-state index in [0.29, 0.717) is 5.41 Å². The van der Waals surface area contributed by atoms with Gasteiger partial charge < -0.3 is 5.32 Å². The van der Waals surface area contributed by atoms with Crippen LogP contribution < -0.4 is 5.32 Å². The lowest BCUT2D eigenvalue weighted by Crippen LogP contribution is -2.41. The summed E-state index contributed by atoms with van der Waals surface area (Å²) in [5.41, 5.74) is 6.30. The quantitative estimate of drug-likeness (QED) is 0.922. The molecule has 5 rings (SSSR count). The maximum absolute atomic E-state index is 4.80. The lowest BCUT2D eigenvalue weighted by Gasteiger charge is -2.40. The number of aromatic nitrogens is 2. The molecule has 1 saturated heterocycles. The number of nitrogens with one attached hydrogen (secondary N) is 1. The third-order valence-electron chi connectivity index (χ3n) is 6.38. The minimum Gasteiger partial charge on any atom is -0.309 e. The minimum atomic E-state index is 0.463. The van der Waals surface area contributed by atoms with Gasteiger partial charge in [-0.15, -0.1) is 0 Å². The van der Waals surface area contributed by atoms with E-state index in [2.05, 4.69) is 45.2 Å². The second-order valence-electron chi connectivity index (χ2n) is 7.74. The first-order chi connectivity index (χ1) is 11.8. The number of likely N-dealkylation sites (tertiary alicyclic amines) is 1. The van der Waals surface area contributed by atoms with Crippen molar-refractivity contribution < 1.29 is 0 Å². The van der Waals surface area contributed by atoms with Crippen LogP contribution >= 0.6 is 0 Å². The van der Waals surface area contributed by atoms with Gasteiger partial charge in [0.1, 0.15) is 0 Å². The third-order valence-corrected chi connectivity index (χ3v) is 6.38. The molecule has 0 atom stereocenters. The highest BCUT2D eigenvalue weighted by Gasteiger charge is 2.40. The van der Waals surface area contributed by atoms with E-state index in [0.717, 1.165) is 26.2 Å². The average molecular weight is 322 g/mol. The van der Waals surface area contributed by atoms with E-state index in [4.69, 9.17) is 5.10 Å². The Kier molecular flexibility index (Phi) is 3.49. The summed E-state index contributed by atoms with van der Waals surface area (Å²) in [7, 11) is 0. The van der Waals surface area contributed by atoms with Gasteiger partial charge in [-0.25, -0.2) is 0 Å². The van der Waals surface area contributed by atoms with Crippen LogP contribution in [0.2, 0.25) is 0 Å². The fourth-order valence-corrected chi connectivity index (χ4v) is 4.98. The Bertz CT molecular complexity index is 716. The fourth-order valence-electron chi connectivity index (χ4n) is 4.98. The highest BCUT2D eigenvalue weighted by molar-refractivity contribution is 5.39. The molecule has 1 aromatic heterocycles. The molecule has 2 aromatic rings. The molecule has 24 heavy (non-hydrogen) atoms. The van der Waals surface area contributed by atoms with Crippen LogP contribution in [-0.2, 0) is 31.5 Å². The average Bonchev–Trinajstić information content (AvgIpc) is 3.19. The molecule has 0 bridgehead atoms. The van der Waals surface area contributed by atoms with E-state index in [-0.39, 0.29) is 0 Å². The summed E-state index contributed by atoms with van der Waals surface area (Å²) in [5, 5.41) is 8.23. The monoisotopic (exact) mass is 322 g/mol. The number of fused-ring (bicyclic) bond motifs is 3. The Balaban J connectivity index is 1.27. The predicted molar refractivity (Wildman–Crippen MR) is 94.9 cm³/mol. The Morgan fingerprint density at radius 2 is 1.96 bits per heavy atom. The standard InChI is InChI=1S/C20H26N4/c1-2-4-19-16(3-1)5-6-20(19)7-10-23(11-8-20)15-17-13-18-14-21-9-12-24(18)22-17/h1-4,13,21H,5-12,14-15H2. The van der Waals surface area contributed by atoms with Crippen LogP contribution in [-0.4, -0.2) is 34.3 Å². The van der Waals surface area contributed by atoms with E-state index in [1.54, 1.807) is 11.1 Å². The first-order valence-corrected chi connectivity index (χ1v) is 9.40. The molecule has 1 aliphatic carbocycles. The smallest absolute Gasteiger partial charge is 0.0768 e. The summed E-state index contributed by atoms with van der Waals surface area (Å²) in [6, 6.07) is 11.4. The number of hydrogen-bond acceptors (Lipinski definition) is 3. The van der Waals surface area contributed by atoms with Gasteiger partial charge in [0.05, 0.1) is 17.9 Å². The molecule has 1 N–H and O–H groups in total. The van der Waals surface area contributed by atoms with E-state index >= 15 is 0 Å². The zero-order valence-corrected chi connectivity index (χ0v) is 14.3. The van der Waals surface area contributed by atoms with Crippen LogP contribution in [0.15, 0.2) is 30.3 Å². The van der Waals surface area contributed by atoms with Crippen molar-refractivity contribution in [1.82, 2.24) is 20.0 Å². The van der Waals surface area contributed by atoms with Crippen LogP contribution in [0.5, 0.6) is 0 Å². The third kappa shape index (κ3) is 2.40. The number of hydrogen-bond donors (Lipinski definition) is 1. The molecular weight excluding hydrogens is 296 g/mol. The van der Waals surface area contributed by atoms with Crippen LogP contribution in [0.4, 0.5) is 0 Å². The van der Waals surface area contributed by atoms with Crippen molar-refractivity contribution >= 4 is 0 Å². The first kappa shape index (κ1) is 14.7. The number of rotatable bonds is 2. The molecule has 4 nitrogen and oxygen atoms in total. The van der Waals surface area contributed by atoms with Crippen molar-refractivity contribution in [3.05, 3.63) is 52.8 Å². The van der Waals surface area contributed by atoms with Gasteiger partial charge in [0.15, 0.2) is 0 Å². The molecule has 0 amide bonds. The van der Waals surface area contributed by atoms with Gasteiger partial charge in [-0.1, -0.05) is 24.3 Å². The van der Waals surface area contributed by atoms with Crippen molar-refractivity contribution in [3.63, 3.8) is 0 Å². The Labute approximate surface area is 143 Å². The van der Waals surface area contributed by atoms with Gasteiger partial charge in [0, 0.05) is 19.6 Å². The maximum Gasteiger partial charge on any atom is 0.0768 e. The summed E-state index contributed by atoms with van der Waals surface area (Å²) >= 11 is 0. The number of benzene rings is 1. The van der Waals surface area contributed by atoms with Crippen LogP contribution in [0, 0.1) is 0 Å². The molecule has 126 valence electrons. The van der Waals surface area contributed by atoms with E-state index in [1.165, 1.54) is 50.2 Å².